The smallest absolute Gasteiger partial charge is 0.139 e. The Morgan fingerprint density at radius 3 is 0.950 bits per heavy atom. The summed E-state index contributed by atoms with van der Waals surface area (Å²) >= 11 is 0. The summed E-state index contributed by atoms with van der Waals surface area (Å²) in [4.78, 5) is 0. The second-order valence-electron chi connectivity index (χ2n) is 5.17. The lowest BCUT2D eigenvalue weighted by molar-refractivity contribution is 1.61. The molecule has 0 amide bonds. The van der Waals surface area contributed by atoms with E-state index in [1.54, 1.807) is 0 Å². The van der Waals surface area contributed by atoms with Crippen LogP contribution in [0, 0.1) is 0 Å². The van der Waals surface area contributed by atoms with E-state index in [2.05, 4.69) is 36.4 Å². The minimum atomic E-state index is -1.41. The minimum absolute atomic E-state index is 1.16. The Labute approximate surface area is 120 Å². The van der Waals surface area contributed by atoms with Crippen LogP contribution in [0.1, 0.15) is 0 Å². The number of nitrogens with two attached hydrogens (primary N) is 1. The molecule has 0 bridgehead atoms. The zero-order valence-electron chi connectivity index (χ0n) is 11.3. The maximum atomic E-state index is 6.92. The van der Waals surface area contributed by atoms with E-state index in [0.717, 1.165) is 16.4 Å². The number of hydrogen-bond donors (Lipinski definition) is 1. The van der Waals surface area contributed by atoms with Crippen LogP contribution in [0.5, 0.6) is 0 Å². The second kappa shape index (κ2) is 5.36. The number of rotatable bonds is 3. The lowest BCUT2D eigenvalue weighted by Gasteiger charge is -2.38. The van der Waals surface area contributed by atoms with Crippen LogP contribution in [0.2, 0.25) is 0 Å². The van der Waals surface area contributed by atoms with Gasteiger partial charge in [0.15, 0.2) is 0 Å². The molecule has 0 atom stereocenters. The van der Waals surface area contributed by atoms with E-state index in [-0.39, 0.29) is 0 Å². The van der Waals surface area contributed by atoms with E-state index in [0.29, 0.717) is 0 Å². The average molecular weight is 258 g/mol. The van der Waals surface area contributed by atoms with Crippen molar-refractivity contribution in [2.45, 2.75) is 0 Å². The van der Waals surface area contributed by atoms with Gasteiger partial charge in [-0.3, -0.25) is 0 Å². The van der Waals surface area contributed by atoms with Crippen molar-refractivity contribution in [1.29, 1.82) is 0 Å². The molecule has 0 aliphatic rings. The van der Waals surface area contributed by atoms with Gasteiger partial charge in [-0.15, -0.1) is 0 Å². The van der Waals surface area contributed by atoms with Crippen LogP contribution in [0.15, 0.2) is 91.0 Å². The van der Waals surface area contributed by atoms with Crippen molar-refractivity contribution in [3.8, 4) is 0 Å². The highest BCUT2D eigenvalue weighted by Gasteiger charge is 2.24. The van der Waals surface area contributed by atoms with E-state index in [9.17, 15) is 0 Å². The summed E-state index contributed by atoms with van der Waals surface area (Å²) in [5, 5.41) is 0. The molecule has 0 aromatic heterocycles. The van der Waals surface area contributed by atoms with Crippen molar-refractivity contribution >= 4 is 22.7 Å². The lowest BCUT2D eigenvalue weighted by atomic mass is 9.25. The van der Waals surface area contributed by atoms with Crippen molar-refractivity contribution in [2.75, 3.05) is 0 Å². The van der Waals surface area contributed by atoms with E-state index in [1.807, 2.05) is 54.6 Å². The highest BCUT2D eigenvalue weighted by atomic mass is 14.5. The Hall–Kier alpha value is -2.32. The van der Waals surface area contributed by atoms with Crippen molar-refractivity contribution in [3.63, 3.8) is 0 Å². The van der Waals surface area contributed by atoms with Crippen molar-refractivity contribution < 1.29 is 0 Å². The van der Waals surface area contributed by atoms with Crippen LogP contribution in [0.25, 0.3) is 0 Å². The largest absolute Gasteiger partial charge is 0.491 e. The van der Waals surface area contributed by atoms with Gasteiger partial charge in [0.1, 0.15) is 6.28 Å². The van der Waals surface area contributed by atoms with Gasteiger partial charge in [-0.05, 0) is 0 Å². The standard InChI is InChI=1S/C18H17BN/c20-19(16-10-4-1-5-11-16,17-12-6-2-7-13-17)18-14-8-3-9-15-18/h1-15H,20H2/q-1. The van der Waals surface area contributed by atoms with E-state index >= 15 is 0 Å². The van der Waals surface area contributed by atoms with Gasteiger partial charge in [0.25, 0.3) is 0 Å². The molecular weight excluding hydrogens is 241 g/mol. The maximum Gasteiger partial charge on any atom is 0.139 e. The first kappa shape index (κ1) is 12.7. The van der Waals surface area contributed by atoms with E-state index < -0.39 is 6.28 Å². The van der Waals surface area contributed by atoms with Crippen molar-refractivity contribution in [1.82, 2.24) is 0 Å². The molecule has 0 aliphatic heterocycles. The van der Waals surface area contributed by atoms with Gasteiger partial charge in [-0.25, -0.2) is 0 Å². The van der Waals surface area contributed by atoms with Gasteiger partial charge in [0.05, 0.1) is 0 Å². The molecule has 2 heteroatoms. The number of hydrogen-bond acceptors (Lipinski definition) is 1. The zero-order chi connectivity index (χ0) is 13.8. The molecule has 0 radical (unpaired) electrons. The highest BCUT2D eigenvalue weighted by Crippen LogP contribution is 2.01. The summed E-state index contributed by atoms with van der Waals surface area (Å²) in [7, 11) is 0. The summed E-state index contributed by atoms with van der Waals surface area (Å²) in [5.41, 5.74) is 10.4. The topological polar surface area (TPSA) is 26.0 Å². The van der Waals surface area contributed by atoms with Gasteiger partial charge in [0.2, 0.25) is 0 Å². The Morgan fingerprint density at radius 2 is 0.700 bits per heavy atom. The quantitative estimate of drug-likeness (QED) is 0.710. The third-order valence-corrected chi connectivity index (χ3v) is 3.98. The molecule has 0 fully saturated rings. The molecular formula is C18H17BN-. The fourth-order valence-corrected chi connectivity index (χ4v) is 2.85. The van der Waals surface area contributed by atoms with Crippen LogP contribution in [-0.2, 0) is 0 Å². The summed E-state index contributed by atoms with van der Waals surface area (Å²) in [6, 6.07) is 31.0. The van der Waals surface area contributed by atoms with Gasteiger partial charge >= 0.3 is 0 Å². The Morgan fingerprint density at radius 1 is 0.450 bits per heavy atom. The molecule has 0 aliphatic carbocycles. The SMILES string of the molecule is N[B-](c1ccccc1)(c1ccccc1)c1ccccc1. The van der Waals surface area contributed by atoms with E-state index in [4.69, 9.17) is 5.64 Å². The van der Waals surface area contributed by atoms with Crippen LogP contribution in [0.4, 0.5) is 0 Å². The first-order valence-electron chi connectivity index (χ1n) is 6.93. The summed E-state index contributed by atoms with van der Waals surface area (Å²) in [5.74, 6) is 0. The third-order valence-electron chi connectivity index (χ3n) is 3.98. The van der Waals surface area contributed by atoms with Crippen LogP contribution in [-0.4, -0.2) is 6.28 Å². The summed E-state index contributed by atoms with van der Waals surface area (Å²) in [6.07, 6.45) is -1.41. The molecule has 0 saturated carbocycles. The van der Waals surface area contributed by atoms with Gasteiger partial charge < -0.3 is 5.64 Å². The molecule has 0 spiro atoms. The van der Waals surface area contributed by atoms with Gasteiger partial charge in [-0.2, -0.15) is 16.4 Å². The molecule has 3 aromatic carbocycles. The summed E-state index contributed by atoms with van der Waals surface area (Å²) in [6.45, 7) is 0. The predicted molar refractivity (Wildman–Crippen MR) is 88.2 cm³/mol. The van der Waals surface area contributed by atoms with Crippen LogP contribution < -0.4 is 22.0 Å². The molecule has 0 unspecified atom stereocenters. The first-order valence-corrected chi connectivity index (χ1v) is 6.93. The molecule has 20 heavy (non-hydrogen) atoms. The Balaban J connectivity index is 2.24. The van der Waals surface area contributed by atoms with E-state index in [1.165, 1.54) is 0 Å². The molecule has 2 N–H and O–H groups in total. The molecule has 98 valence electrons. The Kier molecular flexibility index (Phi) is 3.40. The fourth-order valence-electron chi connectivity index (χ4n) is 2.85. The van der Waals surface area contributed by atoms with Crippen LogP contribution >= 0.6 is 0 Å². The third kappa shape index (κ3) is 2.15. The van der Waals surface area contributed by atoms with Gasteiger partial charge in [-0.1, -0.05) is 91.0 Å². The molecule has 3 rings (SSSR count). The fraction of sp³-hybridized carbons (Fsp3) is 0. The predicted octanol–water partition coefficient (Wildman–Crippen LogP) is 1.61. The molecule has 0 heterocycles. The van der Waals surface area contributed by atoms with Gasteiger partial charge in [0, 0.05) is 0 Å². The lowest BCUT2D eigenvalue weighted by Crippen LogP contribution is -2.74. The minimum Gasteiger partial charge on any atom is -0.491 e. The Bertz CT molecular complexity index is 569. The van der Waals surface area contributed by atoms with Crippen molar-refractivity contribution in [2.24, 2.45) is 5.64 Å². The van der Waals surface area contributed by atoms with Crippen LogP contribution in [0.3, 0.4) is 0 Å². The first-order chi connectivity index (χ1) is 9.82. The maximum absolute atomic E-state index is 6.92. The number of benzene rings is 3. The molecule has 1 nitrogen and oxygen atoms in total. The highest BCUT2D eigenvalue weighted by molar-refractivity contribution is 7.09. The molecule has 0 saturated heterocycles. The van der Waals surface area contributed by atoms with Crippen molar-refractivity contribution in [3.05, 3.63) is 91.0 Å². The normalized spacial score (nSPS) is 11.2. The second-order valence-corrected chi connectivity index (χ2v) is 5.17. The summed E-state index contributed by atoms with van der Waals surface area (Å²) < 4.78 is 0. The molecule has 3 aromatic rings. The average Bonchev–Trinajstić information content (AvgIpc) is 2.56. The zero-order valence-corrected chi connectivity index (χ0v) is 11.3. The monoisotopic (exact) mass is 258 g/mol.